The molecule has 0 atom stereocenters. The molecular formula is C64H42N2. The van der Waals surface area contributed by atoms with Crippen molar-refractivity contribution in [3.63, 3.8) is 0 Å². The molecule has 1 aromatic heterocycles. The molecule has 11 aromatic rings. The Hall–Kier alpha value is -8.20. The standard InChI is InChI=1S/C64H42N2/c1-63(2)49-25-11-6-21-44(49)46-24-16-30-57(61(46)63)65(41-33-31-40(32-34-41)39-17-4-3-5-18-39)56-38-37-52-59-58(56)48-23-10-15-29-55(48)66-54-28-14-9-22-45(54)47-35-36-53(60(59)62(47)66)64(52)50-26-12-7-19-42(50)43-20-8-13-27-51(43)64/h3-38H,1-2H3. The fourth-order valence-corrected chi connectivity index (χ4v) is 13.2. The lowest BCUT2D eigenvalue weighted by Crippen LogP contribution is -2.26. The Labute approximate surface area is 384 Å². The van der Waals surface area contributed by atoms with Crippen molar-refractivity contribution in [3.05, 3.63) is 252 Å². The highest BCUT2D eigenvalue weighted by atomic mass is 15.2. The van der Waals surface area contributed by atoms with E-state index in [1.165, 1.54) is 128 Å². The summed E-state index contributed by atoms with van der Waals surface area (Å²) in [6.07, 6.45) is 0. The molecule has 0 amide bonds. The molecule has 0 saturated heterocycles. The van der Waals surface area contributed by atoms with Crippen LogP contribution in [0.15, 0.2) is 218 Å². The van der Waals surface area contributed by atoms with Crippen molar-refractivity contribution < 1.29 is 0 Å². The molecule has 3 aliphatic carbocycles. The van der Waals surface area contributed by atoms with Crippen molar-refractivity contribution in [1.29, 1.82) is 0 Å². The van der Waals surface area contributed by atoms with E-state index in [1.807, 2.05) is 0 Å². The Morgan fingerprint density at radius 3 is 1.70 bits per heavy atom. The third-order valence-corrected chi connectivity index (χ3v) is 15.7. The van der Waals surface area contributed by atoms with Gasteiger partial charge in [-0.1, -0.05) is 196 Å². The predicted octanol–water partition coefficient (Wildman–Crippen LogP) is 16.6. The van der Waals surface area contributed by atoms with E-state index in [4.69, 9.17) is 0 Å². The maximum Gasteiger partial charge on any atom is 0.0726 e. The van der Waals surface area contributed by atoms with Gasteiger partial charge in [-0.05, 0) is 109 Å². The smallest absolute Gasteiger partial charge is 0.0726 e. The van der Waals surface area contributed by atoms with Gasteiger partial charge in [-0.2, -0.15) is 0 Å². The molecule has 2 heterocycles. The first kappa shape index (κ1) is 36.2. The molecule has 2 nitrogen and oxygen atoms in total. The SMILES string of the molecule is CC1(C)c2ccccc2-c2cccc(N(c3ccc(-c4ccccc4)cc3)c3ccc4c5c3-c3ccccc3-n3c6ccccc6c6ccc(c-5c63)C43c4ccccc4-c4ccccc43)c21. The molecule has 0 N–H and O–H groups in total. The monoisotopic (exact) mass is 838 g/mol. The summed E-state index contributed by atoms with van der Waals surface area (Å²) in [5.74, 6) is 0. The van der Waals surface area contributed by atoms with Gasteiger partial charge in [-0.25, -0.2) is 0 Å². The number of aromatic nitrogens is 1. The van der Waals surface area contributed by atoms with E-state index < -0.39 is 5.41 Å². The van der Waals surface area contributed by atoms with E-state index in [2.05, 4.69) is 242 Å². The van der Waals surface area contributed by atoms with Gasteiger partial charge in [0.15, 0.2) is 0 Å². The Morgan fingerprint density at radius 2 is 0.939 bits per heavy atom. The second-order valence-electron chi connectivity index (χ2n) is 19.1. The van der Waals surface area contributed by atoms with Crippen molar-refractivity contribution in [2.45, 2.75) is 24.7 Å². The third-order valence-electron chi connectivity index (χ3n) is 15.7. The summed E-state index contributed by atoms with van der Waals surface area (Å²) in [6, 6.07) is 82.5. The van der Waals surface area contributed by atoms with Crippen LogP contribution in [-0.4, -0.2) is 4.57 Å². The Kier molecular flexibility index (Phi) is 6.98. The zero-order valence-corrected chi connectivity index (χ0v) is 36.7. The van der Waals surface area contributed by atoms with Gasteiger partial charge >= 0.3 is 0 Å². The molecule has 2 heteroatoms. The van der Waals surface area contributed by atoms with Crippen LogP contribution in [0.3, 0.4) is 0 Å². The van der Waals surface area contributed by atoms with Crippen LogP contribution in [0.25, 0.3) is 83.1 Å². The van der Waals surface area contributed by atoms with E-state index in [0.29, 0.717) is 0 Å². The van der Waals surface area contributed by atoms with Crippen molar-refractivity contribution >= 4 is 38.9 Å². The molecule has 4 aliphatic rings. The number of nitrogens with zero attached hydrogens (tertiary/aromatic N) is 2. The number of benzene rings is 10. The fourth-order valence-electron chi connectivity index (χ4n) is 13.2. The Morgan fingerprint density at radius 1 is 0.364 bits per heavy atom. The first-order valence-electron chi connectivity index (χ1n) is 23.3. The van der Waals surface area contributed by atoms with Gasteiger partial charge in [0, 0.05) is 38.6 Å². The molecule has 0 unspecified atom stereocenters. The van der Waals surface area contributed by atoms with Crippen LogP contribution in [-0.2, 0) is 10.8 Å². The number of anilines is 3. The van der Waals surface area contributed by atoms with Crippen molar-refractivity contribution in [2.24, 2.45) is 0 Å². The lowest BCUT2D eigenvalue weighted by molar-refractivity contribution is 0.661. The molecule has 10 aromatic carbocycles. The van der Waals surface area contributed by atoms with Crippen LogP contribution in [0.2, 0.25) is 0 Å². The third kappa shape index (κ3) is 4.33. The summed E-state index contributed by atoms with van der Waals surface area (Å²) in [5.41, 5.74) is 27.4. The second-order valence-corrected chi connectivity index (χ2v) is 19.1. The topological polar surface area (TPSA) is 8.17 Å². The minimum absolute atomic E-state index is 0.245. The van der Waals surface area contributed by atoms with E-state index in [0.717, 1.165) is 5.69 Å². The molecule has 1 aliphatic heterocycles. The number of rotatable bonds is 4. The maximum absolute atomic E-state index is 2.60. The predicted molar refractivity (Wildman–Crippen MR) is 274 cm³/mol. The fraction of sp³-hybridized carbons (Fsp3) is 0.0625. The summed E-state index contributed by atoms with van der Waals surface area (Å²) in [4.78, 5) is 2.60. The van der Waals surface area contributed by atoms with Crippen LogP contribution < -0.4 is 4.90 Å². The lowest BCUT2D eigenvalue weighted by atomic mass is 9.70. The quantitative estimate of drug-likeness (QED) is 0.171. The molecule has 308 valence electrons. The normalized spacial score (nSPS) is 14.5. The highest BCUT2D eigenvalue weighted by molar-refractivity contribution is 6.21. The van der Waals surface area contributed by atoms with Crippen LogP contribution in [0.4, 0.5) is 17.1 Å². The van der Waals surface area contributed by atoms with Gasteiger partial charge in [0.25, 0.3) is 0 Å². The summed E-state index contributed by atoms with van der Waals surface area (Å²) < 4.78 is 2.59. The van der Waals surface area contributed by atoms with Gasteiger partial charge in [0.05, 0.1) is 33.5 Å². The average Bonchev–Trinajstić information content (AvgIpc) is 4.02. The van der Waals surface area contributed by atoms with Gasteiger partial charge in [0.2, 0.25) is 0 Å². The van der Waals surface area contributed by atoms with Crippen LogP contribution >= 0.6 is 0 Å². The molecule has 15 rings (SSSR count). The van der Waals surface area contributed by atoms with Gasteiger partial charge in [-0.15, -0.1) is 0 Å². The second kappa shape index (κ2) is 12.7. The Balaban J connectivity index is 1.12. The molecular weight excluding hydrogens is 797 g/mol. The molecule has 0 radical (unpaired) electrons. The summed E-state index contributed by atoms with van der Waals surface area (Å²) in [7, 11) is 0. The van der Waals surface area contributed by atoms with Crippen molar-refractivity contribution in [3.8, 4) is 61.3 Å². The van der Waals surface area contributed by atoms with Crippen molar-refractivity contribution in [2.75, 3.05) is 4.90 Å². The zero-order chi connectivity index (χ0) is 43.5. The minimum Gasteiger partial charge on any atom is -0.310 e. The number of hydrogen-bond donors (Lipinski definition) is 0. The molecule has 0 bridgehead atoms. The number of fused-ring (bicyclic) bond motifs is 16. The largest absolute Gasteiger partial charge is 0.310 e. The minimum atomic E-state index is -0.507. The highest BCUT2D eigenvalue weighted by Gasteiger charge is 2.54. The lowest BCUT2D eigenvalue weighted by Gasteiger charge is -2.35. The number of hydrogen-bond acceptors (Lipinski definition) is 1. The summed E-state index contributed by atoms with van der Waals surface area (Å²) >= 11 is 0. The number of para-hydroxylation sites is 2. The molecule has 66 heavy (non-hydrogen) atoms. The molecule has 0 fully saturated rings. The highest BCUT2D eigenvalue weighted by Crippen LogP contribution is 2.68. The van der Waals surface area contributed by atoms with E-state index in [9.17, 15) is 0 Å². The van der Waals surface area contributed by atoms with E-state index >= 15 is 0 Å². The first-order valence-corrected chi connectivity index (χ1v) is 23.3. The van der Waals surface area contributed by atoms with Crippen molar-refractivity contribution in [1.82, 2.24) is 4.57 Å². The van der Waals surface area contributed by atoms with E-state index in [1.54, 1.807) is 0 Å². The first-order chi connectivity index (χ1) is 32.5. The average molecular weight is 839 g/mol. The van der Waals surface area contributed by atoms with Gasteiger partial charge < -0.3 is 9.47 Å². The van der Waals surface area contributed by atoms with Crippen LogP contribution in [0.5, 0.6) is 0 Å². The van der Waals surface area contributed by atoms with E-state index in [-0.39, 0.29) is 5.41 Å². The van der Waals surface area contributed by atoms with Gasteiger partial charge in [-0.3, -0.25) is 0 Å². The molecule has 1 spiro atoms. The van der Waals surface area contributed by atoms with Gasteiger partial charge in [0.1, 0.15) is 0 Å². The zero-order valence-electron chi connectivity index (χ0n) is 36.7. The summed E-state index contributed by atoms with van der Waals surface area (Å²) in [6.45, 7) is 4.82. The van der Waals surface area contributed by atoms with Crippen LogP contribution in [0.1, 0.15) is 47.2 Å². The summed E-state index contributed by atoms with van der Waals surface area (Å²) in [5, 5.41) is 2.56. The van der Waals surface area contributed by atoms with Crippen LogP contribution in [0, 0.1) is 0 Å². The molecule has 0 saturated carbocycles. The Bertz CT molecular complexity index is 3860. The maximum atomic E-state index is 2.60.